The molecule has 0 spiro atoms. The minimum absolute atomic E-state index is 0.179. The van der Waals surface area contributed by atoms with Gasteiger partial charge >= 0.3 is 5.97 Å². The van der Waals surface area contributed by atoms with Crippen LogP contribution in [0.1, 0.15) is 29.8 Å². The number of ether oxygens (including phenoxy) is 2. The van der Waals surface area contributed by atoms with Gasteiger partial charge in [-0.3, -0.25) is 0 Å². The van der Waals surface area contributed by atoms with Gasteiger partial charge in [-0.1, -0.05) is 19.1 Å². The molecule has 21 heavy (non-hydrogen) atoms. The molecule has 0 amide bonds. The fourth-order valence-corrected chi connectivity index (χ4v) is 1.86. The summed E-state index contributed by atoms with van der Waals surface area (Å²) >= 11 is 0. The molecule has 0 radical (unpaired) electrons. The number of nitrogens with two attached hydrogens (primary N) is 1. The van der Waals surface area contributed by atoms with Crippen molar-refractivity contribution in [1.29, 1.82) is 0 Å². The van der Waals surface area contributed by atoms with Crippen molar-refractivity contribution in [2.75, 3.05) is 12.3 Å². The third kappa shape index (κ3) is 3.51. The number of nitrogen functional groups attached to an aromatic ring is 1. The van der Waals surface area contributed by atoms with E-state index in [1.54, 1.807) is 6.92 Å². The summed E-state index contributed by atoms with van der Waals surface area (Å²) in [5.74, 6) is 0.355. The van der Waals surface area contributed by atoms with Crippen LogP contribution < -0.4 is 10.5 Å². The van der Waals surface area contributed by atoms with Crippen molar-refractivity contribution in [1.82, 2.24) is 4.98 Å². The molecular weight excluding hydrogens is 268 g/mol. The molecule has 1 aromatic heterocycles. The molecule has 0 bridgehead atoms. The van der Waals surface area contributed by atoms with Crippen LogP contribution in [0.4, 0.5) is 5.69 Å². The average Bonchev–Trinajstić information content (AvgIpc) is 2.50. The summed E-state index contributed by atoms with van der Waals surface area (Å²) in [5, 5.41) is 0. The van der Waals surface area contributed by atoms with Gasteiger partial charge in [-0.2, -0.15) is 0 Å². The van der Waals surface area contributed by atoms with Gasteiger partial charge in [0.2, 0.25) is 5.88 Å². The minimum Gasteiger partial charge on any atom is -0.462 e. The van der Waals surface area contributed by atoms with E-state index in [4.69, 9.17) is 15.2 Å². The van der Waals surface area contributed by atoms with Crippen molar-refractivity contribution in [3.8, 4) is 11.6 Å². The topological polar surface area (TPSA) is 74.4 Å². The Morgan fingerprint density at radius 3 is 2.81 bits per heavy atom. The molecule has 0 aliphatic heterocycles. The van der Waals surface area contributed by atoms with Gasteiger partial charge in [-0.15, -0.1) is 0 Å². The molecule has 5 heteroatoms. The standard InChI is InChI=1S/C16H18N2O3/c1-3-11-6-5-7-12(10-11)21-15-14(17)13(8-9-18-15)16(19)20-4-2/h5-10H,3-4,17H2,1-2H3. The predicted octanol–water partition coefficient (Wildman–Crippen LogP) is 3.20. The van der Waals surface area contributed by atoms with Gasteiger partial charge in [-0.05, 0) is 37.1 Å². The lowest BCUT2D eigenvalue weighted by molar-refractivity contribution is 0.0527. The van der Waals surface area contributed by atoms with E-state index in [0.717, 1.165) is 12.0 Å². The summed E-state index contributed by atoms with van der Waals surface area (Å²) in [6.07, 6.45) is 2.38. The SMILES string of the molecule is CCOC(=O)c1ccnc(Oc2cccc(CC)c2)c1N. The van der Waals surface area contributed by atoms with E-state index >= 15 is 0 Å². The van der Waals surface area contributed by atoms with Gasteiger partial charge < -0.3 is 15.2 Å². The molecule has 2 aromatic rings. The Morgan fingerprint density at radius 1 is 1.29 bits per heavy atom. The van der Waals surface area contributed by atoms with Crippen molar-refractivity contribution in [2.24, 2.45) is 0 Å². The van der Waals surface area contributed by atoms with Crippen LogP contribution >= 0.6 is 0 Å². The smallest absolute Gasteiger partial charge is 0.340 e. The number of hydrogen-bond donors (Lipinski definition) is 1. The molecule has 0 aliphatic rings. The van der Waals surface area contributed by atoms with Crippen LogP contribution in [-0.4, -0.2) is 17.6 Å². The average molecular weight is 286 g/mol. The minimum atomic E-state index is -0.482. The lowest BCUT2D eigenvalue weighted by Crippen LogP contribution is -2.09. The molecule has 2 N–H and O–H groups in total. The Kier molecular flexibility index (Phi) is 4.77. The molecule has 110 valence electrons. The third-order valence-electron chi connectivity index (χ3n) is 2.97. The number of aryl methyl sites for hydroxylation is 1. The number of esters is 1. The fourth-order valence-electron chi connectivity index (χ4n) is 1.86. The number of benzene rings is 1. The van der Waals surface area contributed by atoms with Crippen LogP contribution in [0.5, 0.6) is 11.6 Å². The van der Waals surface area contributed by atoms with Crippen LogP contribution in [0.2, 0.25) is 0 Å². The maximum atomic E-state index is 11.8. The molecule has 0 fully saturated rings. The molecule has 5 nitrogen and oxygen atoms in total. The zero-order valence-electron chi connectivity index (χ0n) is 12.1. The molecule has 2 rings (SSSR count). The van der Waals surface area contributed by atoms with Gasteiger partial charge in [0, 0.05) is 6.20 Å². The fraction of sp³-hybridized carbons (Fsp3) is 0.250. The van der Waals surface area contributed by atoms with Crippen LogP contribution in [0, 0.1) is 0 Å². The molecule has 0 saturated carbocycles. The highest BCUT2D eigenvalue weighted by Crippen LogP contribution is 2.28. The molecule has 1 heterocycles. The first-order chi connectivity index (χ1) is 10.2. The summed E-state index contributed by atoms with van der Waals surface area (Å²) < 4.78 is 10.6. The van der Waals surface area contributed by atoms with E-state index in [-0.39, 0.29) is 23.7 Å². The van der Waals surface area contributed by atoms with Crippen molar-refractivity contribution < 1.29 is 14.3 Å². The zero-order valence-corrected chi connectivity index (χ0v) is 12.1. The number of rotatable bonds is 5. The first kappa shape index (κ1) is 14.8. The summed E-state index contributed by atoms with van der Waals surface area (Å²) in [4.78, 5) is 15.9. The molecule has 0 atom stereocenters. The lowest BCUT2D eigenvalue weighted by Gasteiger charge is -2.11. The second-order valence-corrected chi connectivity index (χ2v) is 4.40. The number of hydrogen-bond acceptors (Lipinski definition) is 5. The molecule has 0 saturated heterocycles. The van der Waals surface area contributed by atoms with Crippen LogP contribution in [0.15, 0.2) is 36.5 Å². The van der Waals surface area contributed by atoms with Crippen LogP contribution in [0.25, 0.3) is 0 Å². The van der Waals surface area contributed by atoms with Gasteiger partial charge in [0.1, 0.15) is 11.4 Å². The highest BCUT2D eigenvalue weighted by atomic mass is 16.5. The van der Waals surface area contributed by atoms with E-state index in [0.29, 0.717) is 5.75 Å². The normalized spacial score (nSPS) is 10.2. The second-order valence-electron chi connectivity index (χ2n) is 4.40. The molecule has 0 aliphatic carbocycles. The quantitative estimate of drug-likeness (QED) is 0.854. The van der Waals surface area contributed by atoms with Gasteiger partial charge in [0.25, 0.3) is 0 Å². The Balaban J connectivity index is 2.28. The monoisotopic (exact) mass is 286 g/mol. The van der Waals surface area contributed by atoms with E-state index in [2.05, 4.69) is 11.9 Å². The van der Waals surface area contributed by atoms with Crippen molar-refractivity contribution in [2.45, 2.75) is 20.3 Å². The number of anilines is 1. The summed E-state index contributed by atoms with van der Waals surface area (Å²) in [6.45, 7) is 4.09. The Bertz CT molecular complexity index is 641. The van der Waals surface area contributed by atoms with E-state index in [1.165, 1.54) is 12.3 Å². The number of nitrogens with zero attached hydrogens (tertiary/aromatic N) is 1. The summed E-state index contributed by atoms with van der Waals surface area (Å²) in [5.41, 5.74) is 7.53. The van der Waals surface area contributed by atoms with Crippen molar-refractivity contribution in [3.05, 3.63) is 47.7 Å². The second kappa shape index (κ2) is 6.74. The third-order valence-corrected chi connectivity index (χ3v) is 2.97. The van der Waals surface area contributed by atoms with Crippen LogP contribution in [-0.2, 0) is 11.2 Å². The van der Waals surface area contributed by atoms with E-state index in [9.17, 15) is 4.79 Å². The Hall–Kier alpha value is -2.56. The van der Waals surface area contributed by atoms with Gasteiger partial charge in [-0.25, -0.2) is 9.78 Å². The van der Waals surface area contributed by atoms with Crippen molar-refractivity contribution in [3.63, 3.8) is 0 Å². The highest BCUT2D eigenvalue weighted by Gasteiger charge is 2.16. The zero-order chi connectivity index (χ0) is 15.2. The molecule has 1 aromatic carbocycles. The van der Waals surface area contributed by atoms with Gasteiger partial charge in [0.05, 0.1) is 12.2 Å². The number of carbonyl (C=O) groups is 1. The van der Waals surface area contributed by atoms with Crippen LogP contribution in [0.3, 0.4) is 0 Å². The number of aromatic nitrogens is 1. The Morgan fingerprint density at radius 2 is 2.10 bits per heavy atom. The first-order valence-electron chi connectivity index (χ1n) is 6.84. The molecular formula is C16H18N2O3. The van der Waals surface area contributed by atoms with Gasteiger partial charge in [0.15, 0.2) is 0 Å². The summed E-state index contributed by atoms with van der Waals surface area (Å²) in [6, 6.07) is 9.16. The maximum absolute atomic E-state index is 11.8. The Labute approximate surface area is 123 Å². The largest absolute Gasteiger partial charge is 0.462 e. The van der Waals surface area contributed by atoms with E-state index < -0.39 is 5.97 Å². The first-order valence-corrected chi connectivity index (χ1v) is 6.84. The molecule has 0 unspecified atom stereocenters. The maximum Gasteiger partial charge on any atom is 0.340 e. The highest BCUT2D eigenvalue weighted by molar-refractivity contribution is 5.96. The summed E-state index contributed by atoms with van der Waals surface area (Å²) in [7, 11) is 0. The predicted molar refractivity (Wildman–Crippen MR) is 80.5 cm³/mol. The van der Waals surface area contributed by atoms with E-state index in [1.807, 2.05) is 24.3 Å². The van der Waals surface area contributed by atoms with Crippen molar-refractivity contribution >= 4 is 11.7 Å². The number of pyridine rings is 1. The lowest BCUT2D eigenvalue weighted by atomic mass is 10.2. The number of carbonyl (C=O) groups excluding carboxylic acids is 1.